The van der Waals surface area contributed by atoms with E-state index in [4.69, 9.17) is 0 Å². The monoisotopic (exact) mass is 429 g/mol. The van der Waals surface area contributed by atoms with Gasteiger partial charge < -0.3 is 5.32 Å². The quantitative estimate of drug-likeness (QED) is 0.620. The molecule has 1 heterocycles. The molecule has 160 valence electrons. The maximum absolute atomic E-state index is 13.5. The number of nitrogens with one attached hydrogen (secondary N) is 1. The topological polar surface area (TPSA) is 90.2 Å². The molecular weight excluding hydrogens is 402 g/mol. The van der Waals surface area contributed by atoms with Crippen LogP contribution in [0.1, 0.15) is 39.2 Å². The Balaban J connectivity index is 2.33. The molecular formula is C22H27N3O4S. The summed E-state index contributed by atoms with van der Waals surface area (Å²) in [7, 11) is -3.91. The SMILES string of the molecule is CCCC(=O)Nc1cc2c(cc1S(=O)(=O)c1ccc(C)cc1)n(CC)c(=O)n2CC. The Bertz CT molecular complexity index is 1250. The molecule has 0 saturated heterocycles. The first kappa shape index (κ1) is 21.8. The second-order valence-corrected chi connectivity index (χ2v) is 9.14. The Morgan fingerprint density at radius 2 is 1.53 bits per heavy atom. The molecule has 0 aliphatic carbocycles. The summed E-state index contributed by atoms with van der Waals surface area (Å²) >= 11 is 0. The first-order valence-corrected chi connectivity index (χ1v) is 11.6. The number of aryl methyl sites for hydroxylation is 3. The van der Waals surface area contributed by atoms with Gasteiger partial charge in [0.25, 0.3) is 0 Å². The Morgan fingerprint density at radius 3 is 2.07 bits per heavy atom. The molecule has 3 rings (SSSR count). The van der Waals surface area contributed by atoms with Crippen LogP contribution >= 0.6 is 0 Å². The minimum Gasteiger partial charge on any atom is -0.325 e. The molecule has 1 aromatic heterocycles. The lowest BCUT2D eigenvalue weighted by atomic mass is 10.2. The van der Waals surface area contributed by atoms with Gasteiger partial charge in [0.1, 0.15) is 0 Å². The van der Waals surface area contributed by atoms with Crippen molar-refractivity contribution < 1.29 is 13.2 Å². The average molecular weight is 430 g/mol. The minimum atomic E-state index is -3.91. The molecule has 0 radical (unpaired) electrons. The molecule has 1 amide bonds. The van der Waals surface area contributed by atoms with Crippen molar-refractivity contribution in [3.8, 4) is 0 Å². The molecule has 0 bridgehead atoms. The normalized spacial score (nSPS) is 11.7. The van der Waals surface area contributed by atoms with Gasteiger partial charge >= 0.3 is 5.69 Å². The summed E-state index contributed by atoms with van der Waals surface area (Å²) in [6, 6.07) is 9.67. The fraction of sp³-hybridized carbons (Fsp3) is 0.364. The predicted molar refractivity (Wildman–Crippen MR) is 118 cm³/mol. The van der Waals surface area contributed by atoms with Gasteiger partial charge in [-0.3, -0.25) is 13.9 Å². The van der Waals surface area contributed by atoms with Crippen LogP contribution in [0.4, 0.5) is 5.69 Å². The third-order valence-corrected chi connectivity index (χ3v) is 6.93. The lowest BCUT2D eigenvalue weighted by molar-refractivity contribution is -0.116. The van der Waals surface area contributed by atoms with Gasteiger partial charge in [0.05, 0.1) is 26.5 Å². The fourth-order valence-corrected chi connectivity index (χ4v) is 4.97. The van der Waals surface area contributed by atoms with E-state index in [1.54, 1.807) is 39.5 Å². The molecule has 0 aliphatic rings. The van der Waals surface area contributed by atoms with Gasteiger partial charge in [-0.05, 0) is 51.5 Å². The zero-order valence-electron chi connectivity index (χ0n) is 17.7. The van der Waals surface area contributed by atoms with E-state index in [1.165, 1.54) is 6.07 Å². The van der Waals surface area contributed by atoms with Crippen LogP contribution in [0.15, 0.2) is 51.0 Å². The van der Waals surface area contributed by atoms with E-state index in [1.807, 2.05) is 27.7 Å². The number of fused-ring (bicyclic) bond motifs is 1. The predicted octanol–water partition coefficient (Wildman–Crippen LogP) is 3.72. The number of nitrogens with zero attached hydrogens (tertiary/aromatic N) is 2. The van der Waals surface area contributed by atoms with Gasteiger partial charge in [-0.1, -0.05) is 24.6 Å². The van der Waals surface area contributed by atoms with Crippen LogP contribution in [0.5, 0.6) is 0 Å². The van der Waals surface area contributed by atoms with Crippen molar-refractivity contribution in [3.05, 3.63) is 52.4 Å². The maximum atomic E-state index is 13.5. The maximum Gasteiger partial charge on any atom is 0.329 e. The lowest BCUT2D eigenvalue weighted by Crippen LogP contribution is -2.23. The van der Waals surface area contributed by atoms with Crippen LogP contribution < -0.4 is 11.0 Å². The Morgan fingerprint density at radius 1 is 0.967 bits per heavy atom. The van der Waals surface area contributed by atoms with Gasteiger partial charge in [0, 0.05) is 19.5 Å². The second kappa shape index (κ2) is 8.47. The number of benzene rings is 2. The van der Waals surface area contributed by atoms with Crippen LogP contribution in [0.2, 0.25) is 0 Å². The van der Waals surface area contributed by atoms with E-state index in [0.29, 0.717) is 30.5 Å². The molecule has 0 atom stereocenters. The minimum absolute atomic E-state index is 0.0150. The number of sulfone groups is 1. The summed E-state index contributed by atoms with van der Waals surface area (Å²) in [5.74, 6) is -0.266. The van der Waals surface area contributed by atoms with Gasteiger partial charge in [0.15, 0.2) is 0 Å². The fourth-order valence-electron chi connectivity index (χ4n) is 3.56. The summed E-state index contributed by atoms with van der Waals surface area (Å²) < 4.78 is 30.1. The third kappa shape index (κ3) is 3.79. The summed E-state index contributed by atoms with van der Waals surface area (Å²) in [4.78, 5) is 25.2. The highest BCUT2D eigenvalue weighted by molar-refractivity contribution is 7.91. The number of amides is 1. The van der Waals surface area contributed by atoms with Crippen LogP contribution in [0.25, 0.3) is 11.0 Å². The zero-order valence-corrected chi connectivity index (χ0v) is 18.5. The summed E-state index contributed by atoms with van der Waals surface area (Å²) in [6.45, 7) is 8.30. The van der Waals surface area contributed by atoms with Crippen LogP contribution in [-0.2, 0) is 27.7 Å². The van der Waals surface area contributed by atoms with Crippen molar-refractivity contribution in [2.45, 2.75) is 63.4 Å². The molecule has 0 spiro atoms. The van der Waals surface area contributed by atoms with Crippen LogP contribution in [0.3, 0.4) is 0 Å². The van der Waals surface area contributed by atoms with Crippen molar-refractivity contribution in [3.63, 3.8) is 0 Å². The Kier molecular flexibility index (Phi) is 6.17. The number of carbonyl (C=O) groups excluding carboxylic acids is 1. The van der Waals surface area contributed by atoms with Gasteiger partial charge in [0.2, 0.25) is 15.7 Å². The highest BCUT2D eigenvalue weighted by Gasteiger charge is 2.25. The van der Waals surface area contributed by atoms with Crippen molar-refractivity contribution in [1.82, 2.24) is 9.13 Å². The number of carbonyl (C=O) groups is 1. The number of imidazole rings is 1. The summed E-state index contributed by atoms with van der Waals surface area (Å²) in [5.41, 5.74) is 2.06. The molecule has 0 aliphatic heterocycles. The average Bonchev–Trinajstić information content (AvgIpc) is 2.97. The summed E-state index contributed by atoms with van der Waals surface area (Å²) in [5, 5.41) is 2.75. The number of hydrogen-bond donors (Lipinski definition) is 1. The van der Waals surface area contributed by atoms with E-state index in [2.05, 4.69) is 5.32 Å². The van der Waals surface area contributed by atoms with E-state index >= 15 is 0 Å². The summed E-state index contributed by atoms with van der Waals surface area (Å²) in [6.07, 6.45) is 0.915. The van der Waals surface area contributed by atoms with E-state index in [0.717, 1.165) is 5.56 Å². The molecule has 1 N–H and O–H groups in total. The highest BCUT2D eigenvalue weighted by Crippen LogP contribution is 2.32. The van der Waals surface area contributed by atoms with Crippen molar-refractivity contribution in [2.24, 2.45) is 0 Å². The molecule has 0 saturated carbocycles. The van der Waals surface area contributed by atoms with E-state index in [9.17, 15) is 18.0 Å². The van der Waals surface area contributed by atoms with Crippen molar-refractivity contribution in [1.29, 1.82) is 0 Å². The largest absolute Gasteiger partial charge is 0.329 e. The first-order valence-electron chi connectivity index (χ1n) is 10.1. The molecule has 2 aromatic carbocycles. The van der Waals surface area contributed by atoms with Gasteiger partial charge in [-0.15, -0.1) is 0 Å². The first-order chi connectivity index (χ1) is 14.2. The second-order valence-electron chi connectivity index (χ2n) is 7.22. The molecule has 0 fully saturated rings. The number of rotatable bonds is 7. The van der Waals surface area contributed by atoms with Crippen molar-refractivity contribution in [2.75, 3.05) is 5.32 Å². The van der Waals surface area contributed by atoms with Crippen LogP contribution in [0, 0.1) is 6.92 Å². The number of hydrogen-bond acceptors (Lipinski definition) is 4. The Hall–Kier alpha value is -2.87. The van der Waals surface area contributed by atoms with E-state index in [-0.39, 0.29) is 33.5 Å². The lowest BCUT2D eigenvalue weighted by Gasteiger charge is -2.14. The third-order valence-electron chi connectivity index (χ3n) is 5.12. The molecule has 0 unspecified atom stereocenters. The smallest absolute Gasteiger partial charge is 0.325 e. The molecule has 30 heavy (non-hydrogen) atoms. The molecule has 8 heteroatoms. The van der Waals surface area contributed by atoms with Gasteiger partial charge in [-0.25, -0.2) is 13.2 Å². The van der Waals surface area contributed by atoms with Gasteiger partial charge in [-0.2, -0.15) is 0 Å². The Labute approximate surface area is 176 Å². The standard InChI is InChI=1S/C22H27N3O4S/c1-5-8-21(26)23-17-13-18-19(25(7-3)22(27)24(18)6-2)14-20(17)30(28,29)16-11-9-15(4)10-12-16/h9-14H,5-8H2,1-4H3,(H,23,26). The highest BCUT2D eigenvalue weighted by atomic mass is 32.2. The molecule has 3 aromatic rings. The number of anilines is 1. The van der Waals surface area contributed by atoms with Crippen LogP contribution in [-0.4, -0.2) is 23.5 Å². The number of aromatic nitrogens is 2. The van der Waals surface area contributed by atoms with Crippen molar-refractivity contribution >= 4 is 32.5 Å². The zero-order chi connectivity index (χ0) is 22.1. The molecule has 7 nitrogen and oxygen atoms in total. The van der Waals surface area contributed by atoms with E-state index < -0.39 is 9.84 Å².